The molecule has 0 spiro atoms. The van der Waals surface area contributed by atoms with E-state index in [1.54, 1.807) is 36.4 Å². The van der Waals surface area contributed by atoms with Crippen LogP contribution < -0.4 is 14.2 Å². The number of methoxy groups -OCH3 is 2. The van der Waals surface area contributed by atoms with Crippen molar-refractivity contribution >= 4 is 10.0 Å². The molecule has 5 nitrogen and oxygen atoms in total. The summed E-state index contributed by atoms with van der Waals surface area (Å²) in [5, 5.41) is 0. The number of hydrogen-bond acceptors (Lipinski definition) is 4. The van der Waals surface area contributed by atoms with Crippen LogP contribution in [0.2, 0.25) is 0 Å². The van der Waals surface area contributed by atoms with Gasteiger partial charge in [0.1, 0.15) is 5.82 Å². The van der Waals surface area contributed by atoms with Gasteiger partial charge in [-0.1, -0.05) is 24.3 Å². The summed E-state index contributed by atoms with van der Waals surface area (Å²) in [6.45, 7) is -0.0685. The van der Waals surface area contributed by atoms with Crippen molar-refractivity contribution in [2.75, 3.05) is 20.0 Å². The average Bonchev–Trinajstić information content (AvgIpc) is 2.59. The van der Waals surface area contributed by atoms with E-state index in [1.807, 2.05) is 0 Å². The molecule has 0 heterocycles. The van der Waals surface area contributed by atoms with Gasteiger partial charge in [-0.05, 0) is 30.2 Å². The molecule has 0 amide bonds. The van der Waals surface area contributed by atoms with Gasteiger partial charge >= 0.3 is 0 Å². The monoisotopic (exact) mass is 353 g/mol. The predicted molar refractivity (Wildman–Crippen MR) is 90.3 cm³/mol. The Hall–Kier alpha value is -2.12. The summed E-state index contributed by atoms with van der Waals surface area (Å²) >= 11 is 0. The second kappa shape index (κ2) is 8.12. The Kier molecular flexibility index (Phi) is 6.16. The van der Waals surface area contributed by atoms with Crippen LogP contribution in [-0.2, 0) is 23.0 Å². The highest BCUT2D eigenvalue weighted by Gasteiger charge is 2.13. The Bertz CT molecular complexity index is 793. The molecule has 1 N–H and O–H groups in total. The molecule has 2 aromatic carbocycles. The van der Waals surface area contributed by atoms with Gasteiger partial charge in [-0.15, -0.1) is 0 Å². The first kappa shape index (κ1) is 18.2. The van der Waals surface area contributed by atoms with Crippen LogP contribution in [0.4, 0.5) is 4.39 Å². The first-order valence-corrected chi connectivity index (χ1v) is 9.02. The van der Waals surface area contributed by atoms with Gasteiger partial charge in [0.15, 0.2) is 11.5 Å². The molecule has 0 aromatic heterocycles. The molecule has 2 rings (SSSR count). The number of aryl methyl sites for hydroxylation is 1. The number of hydrogen-bond donors (Lipinski definition) is 1. The molecule has 7 heteroatoms. The summed E-state index contributed by atoms with van der Waals surface area (Å²) in [6.07, 6.45) is 0.312. The van der Waals surface area contributed by atoms with E-state index in [0.29, 0.717) is 23.5 Å². The minimum atomic E-state index is -3.52. The minimum Gasteiger partial charge on any atom is -0.493 e. The van der Waals surface area contributed by atoms with Crippen LogP contribution in [0.25, 0.3) is 0 Å². The quantitative estimate of drug-likeness (QED) is 0.792. The number of sulfonamides is 1. The third-order valence-electron chi connectivity index (χ3n) is 3.55. The van der Waals surface area contributed by atoms with Crippen molar-refractivity contribution in [2.45, 2.75) is 13.0 Å². The Morgan fingerprint density at radius 2 is 1.75 bits per heavy atom. The maximum absolute atomic E-state index is 13.5. The topological polar surface area (TPSA) is 64.6 Å². The summed E-state index contributed by atoms with van der Waals surface area (Å²) in [6, 6.07) is 11.3. The summed E-state index contributed by atoms with van der Waals surface area (Å²) in [5.74, 6) is 0.602. The van der Waals surface area contributed by atoms with Gasteiger partial charge in [0.25, 0.3) is 0 Å². The molecular weight excluding hydrogens is 333 g/mol. The van der Waals surface area contributed by atoms with E-state index < -0.39 is 15.8 Å². The van der Waals surface area contributed by atoms with Crippen LogP contribution >= 0.6 is 0 Å². The van der Waals surface area contributed by atoms with E-state index in [0.717, 1.165) is 5.56 Å². The van der Waals surface area contributed by atoms with Crippen molar-refractivity contribution in [1.82, 2.24) is 4.72 Å². The highest BCUT2D eigenvalue weighted by Crippen LogP contribution is 2.27. The molecule has 0 fully saturated rings. The number of nitrogens with one attached hydrogen (secondary N) is 1. The fourth-order valence-electron chi connectivity index (χ4n) is 2.19. The van der Waals surface area contributed by atoms with Gasteiger partial charge < -0.3 is 9.47 Å². The molecule has 0 atom stereocenters. The molecule has 0 aliphatic rings. The lowest BCUT2D eigenvalue weighted by Crippen LogP contribution is -2.27. The molecule has 0 bridgehead atoms. The predicted octanol–water partition coefficient (Wildman–Crippen LogP) is 2.51. The first-order chi connectivity index (χ1) is 11.4. The van der Waals surface area contributed by atoms with E-state index in [2.05, 4.69) is 4.72 Å². The highest BCUT2D eigenvalue weighted by molar-refractivity contribution is 7.89. The molecule has 24 heavy (non-hydrogen) atoms. The summed E-state index contributed by atoms with van der Waals surface area (Å²) < 4.78 is 50.4. The Morgan fingerprint density at radius 1 is 1.04 bits per heavy atom. The second-order valence-corrected chi connectivity index (χ2v) is 7.10. The zero-order chi connectivity index (χ0) is 17.6. The maximum atomic E-state index is 13.5. The van der Waals surface area contributed by atoms with Gasteiger partial charge in [-0.2, -0.15) is 0 Å². The molecule has 0 aliphatic heterocycles. The molecule has 0 saturated heterocycles. The van der Waals surface area contributed by atoms with Crippen molar-refractivity contribution in [1.29, 1.82) is 0 Å². The Balaban J connectivity index is 1.96. The number of benzene rings is 2. The standard InChI is InChI=1S/C17H20FNO4S/c1-22-16-8-7-13(11-17(16)23-2)9-10-24(20,21)19-12-14-5-3-4-6-15(14)18/h3-8,11,19H,9-10,12H2,1-2H3. The fourth-order valence-corrected chi connectivity index (χ4v) is 3.21. The second-order valence-electron chi connectivity index (χ2n) is 5.17. The summed E-state index contributed by atoms with van der Waals surface area (Å²) in [4.78, 5) is 0. The van der Waals surface area contributed by atoms with E-state index in [9.17, 15) is 12.8 Å². The number of ether oxygens (including phenoxy) is 2. The van der Waals surface area contributed by atoms with Crippen LogP contribution in [0.15, 0.2) is 42.5 Å². The third kappa shape index (κ3) is 4.94. The molecule has 130 valence electrons. The van der Waals surface area contributed by atoms with Crippen LogP contribution in [0.1, 0.15) is 11.1 Å². The van der Waals surface area contributed by atoms with Gasteiger partial charge in [0.05, 0.1) is 20.0 Å². The van der Waals surface area contributed by atoms with Crippen LogP contribution in [0, 0.1) is 5.82 Å². The third-order valence-corrected chi connectivity index (χ3v) is 4.87. The zero-order valence-corrected chi connectivity index (χ0v) is 14.4. The van der Waals surface area contributed by atoms with Crippen molar-refractivity contribution in [3.8, 4) is 11.5 Å². The van der Waals surface area contributed by atoms with E-state index in [1.165, 1.54) is 20.3 Å². The average molecular weight is 353 g/mol. The van der Waals surface area contributed by atoms with Gasteiger partial charge in [-0.25, -0.2) is 17.5 Å². The Labute approximate surface area is 141 Å². The summed E-state index contributed by atoms with van der Waals surface area (Å²) in [5.41, 5.74) is 1.12. The van der Waals surface area contributed by atoms with Crippen LogP contribution in [0.3, 0.4) is 0 Å². The maximum Gasteiger partial charge on any atom is 0.212 e. The highest BCUT2D eigenvalue weighted by atomic mass is 32.2. The SMILES string of the molecule is COc1ccc(CCS(=O)(=O)NCc2ccccc2F)cc1OC. The van der Waals surface area contributed by atoms with Gasteiger partial charge in [0, 0.05) is 12.1 Å². The number of halogens is 1. The molecule has 2 aromatic rings. The smallest absolute Gasteiger partial charge is 0.212 e. The van der Waals surface area contributed by atoms with E-state index in [4.69, 9.17) is 9.47 Å². The molecule has 0 radical (unpaired) electrons. The van der Waals surface area contributed by atoms with Crippen molar-refractivity contribution in [3.05, 3.63) is 59.4 Å². The van der Waals surface area contributed by atoms with Gasteiger partial charge in [-0.3, -0.25) is 0 Å². The normalized spacial score (nSPS) is 11.3. The lowest BCUT2D eigenvalue weighted by molar-refractivity contribution is 0.354. The zero-order valence-electron chi connectivity index (χ0n) is 13.6. The first-order valence-electron chi connectivity index (χ1n) is 7.37. The molecule has 0 unspecified atom stereocenters. The fraction of sp³-hybridized carbons (Fsp3) is 0.294. The lowest BCUT2D eigenvalue weighted by atomic mass is 10.1. The lowest BCUT2D eigenvalue weighted by Gasteiger charge is -2.10. The molecular formula is C17H20FNO4S. The number of rotatable bonds is 8. The minimum absolute atomic E-state index is 0.0685. The Morgan fingerprint density at radius 3 is 2.42 bits per heavy atom. The van der Waals surface area contributed by atoms with E-state index in [-0.39, 0.29) is 12.3 Å². The van der Waals surface area contributed by atoms with E-state index >= 15 is 0 Å². The molecule has 0 saturated carbocycles. The van der Waals surface area contributed by atoms with Crippen molar-refractivity contribution < 1.29 is 22.3 Å². The van der Waals surface area contributed by atoms with Crippen LogP contribution in [-0.4, -0.2) is 28.4 Å². The van der Waals surface area contributed by atoms with Crippen molar-refractivity contribution in [3.63, 3.8) is 0 Å². The van der Waals surface area contributed by atoms with Crippen molar-refractivity contribution in [2.24, 2.45) is 0 Å². The van der Waals surface area contributed by atoms with Crippen LogP contribution in [0.5, 0.6) is 11.5 Å². The summed E-state index contributed by atoms with van der Waals surface area (Å²) in [7, 11) is -0.460. The van der Waals surface area contributed by atoms with Gasteiger partial charge in [0.2, 0.25) is 10.0 Å². The largest absolute Gasteiger partial charge is 0.493 e. The molecule has 0 aliphatic carbocycles.